The molecule has 0 atom stereocenters. The Kier molecular flexibility index (Phi) is 5.58. The molecule has 22 heavy (non-hydrogen) atoms. The van der Waals surface area contributed by atoms with Crippen molar-refractivity contribution in [1.82, 2.24) is 5.32 Å². The van der Waals surface area contributed by atoms with Crippen molar-refractivity contribution in [3.8, 4) is 5.75 Å². The van der Waals surface area contributed by atoms with Crippen molar-refractivity contribution in [2.45, 2.75) is 39.5 Å². The van der Waals surface area contributed by atoms with Gasteiger partial charge in [0.25, 0.3) is 0 Å². The number of benzene rings is 2. The monoisotopic (exact) mass is 299 g/mol. The number of hydrogen-bond acceptors (Lipinski definition) is 3. The molecule has 2 aromatic carbocycles. The first-order valence-electron chi connectivity index (χ1n) is 7.63. The molecular formula is C19H25NO2. The molecule has 0 spiro atoms. The van der Waals surface area contributed by atoms with Gasteiger partial charge in [-0.25, -0.2) is 0 Å². The van der Waals surface area contributed by atoms with Gasteiger partial charge in [-0.1, -0.05) is 42.5 Å². The minimum absolute atomic E-state index is 0.0965. The maximum absolute atomic E-state index is 9.33. The quantitative estimate of drug-likeness (QED) is 0.823. The molecule has 0 aliphatic carbocycles. The maximum Gasteiger partial charge on any atom is 0.124 e. The summed E-state index contributed by atoms with van der Waals surface area (Å²) in [5, 5.41) is 12.7. The Labute approximate surface area is 133 Å². The third-order valence-corrected chi connectivity index (χ3v) is 3.77. The summed E-state index contributed by atoms with van der Waals surface area (Å²) in [6.07, 6.45) is 0. The Morgan fingerprint density at radius 1 is 1.00 bits per heavy atom. The standard InChI is InChI=1S/C19H25NO2/c1-15-8-4-5-10-17(15)13-22-18-11-7-6-9-16(18)12-20-19(2,3)14-21/h4-11,20-21H,12-14H2,1-3H3. The second kappa shape index (κ2) is 7.43. The van der Waals surface area contributed by atoms with Gasteiger partial charge in [-0.2, -0.15) is 0 Å². The highest BCUT2D eigenvalue weighted by molar-refractivity contribution is 5.34. The van der Waals surface area contributed by atoms with Gasteiger partial charge in [-0.15, -0.1) is 0 Å². The van der Waals surface area contributed by atoms with E-state index in [1.807, 2.05) is 50.2 Å². The van der Waals surface area contributed by atoms with Crippen LogP contribution < -0.4 is 10.1 Å². The van der Waals surface area contributed by atoms with Crippen LogP contribution in [0.15, 0.2) is 48.5 Å². The molecule has 0 amide bonds. The number of nitrogens with one attached hydrogen (secondary N) is 1. The SMILES string of the molecule is Cc1ccccc1COc1ccccc1CNC(C)(C)CO. The number of aliphatic hydroxyl groups excluding tert-OH is 1. The van der Waals surface area contributed by atoms with Gasteiger partial charge in [0, 0.05) is 17.6 Å². The Morgan fingerprint density at radius 2 is 1.64 bits per heavy atom. The third kappa shape index (κ3) is 4.58. The van der Waals surface area contributed by atoms with E-state index in [0.29, 0.717) is 13.2 Å². The van der Waals surface area contributed by atoms with E-state index in [1.54, 1.807) is 0 Å². The smallest absolute Gasteiger partial charge is 0.124 e. The highest BCUT2D eigenvalue weighted by Gasteiger charge is 2.16. The molecule has 3 nitrogen and oxygen atoms in total. The van der Waals surface area contributed by atoms with Crippen LogP contribution in [-0.2, 0) is 13.2 Å². The Morgan fingerprint density at radius 3 is 2.32 bits per heavy atom. The molecule has 118 valence electrons. The molecule has 0 bridgehead atoms. The normalized spacial score (nSPS) is 11.5. The number of aliphatic hydroxyl groups is 1. The van der Waals surface area contributed by atoms with E-state index in [0.717, 1.165) is 11.3 Å². The highest BCUT2D eigenvalue weighted by atomic mass is 16.5. The van der Waals surface area contributed by atoms with Gasteiger partial charge >= 0.3 is 0 Å². The summed E-state index contributed by atoms with van der Waals surface area (Å²) in [6.45, 7) is 7.37. The van der Waals surface area contributed by atoms with E-state index >= 15 is 0 Å². The lowest BCUT2D eigenvalue weighted by atomic mass is 10.1. The average molecular weight is 299 g/mol. The molecule has 0 aliphatic heterocycles. The van der Waals surface area contributed by atoms with Crippen molar-refractivity contribution in [2.24, 2.45) is 0 Å². The van der Waals surface area contributed by atoms with Crippen LogP contribution in [0.1, 0.15) is 30.5 Å². The molecule has 0 unspecified atom stereocenters. The minimum atomic E-state index is -0.302. The highest BCUT2D eigenvalue weighted by Crippen LogP contribution is 2.21. The summed E-state index contributed by atoms with van der Waals surface area (Å²) in [5.41, 5.74) is 3.22. The zero-order valence-electron chi connectivity index (χ0n) is 13.6. The largest absolute Gasteiger partial charge is 0.489 e. The molecule has 2 aromatic rings. The fraction of sp³-hybridized carbons (Fsp3) is 0.368. The van der Waals surface area contributed by atoms with Crippen LogP contribution in [-0.4, -0.2) is 17.3 Å². The Balaban J connectivity index is 2.04. The van der Waals surface area contributed by atoms with Gasteiger partial charge in [0.05, 0.1) is 6.61 Å². The molecular weight excluding hydrogens is 274 g/mol. The minimum Gasteiger partial charge on any atom is -0.489 e. The number of hydrogen-bond donors (Lipinski definition) is 2. The first-order valence-corrected chi connectivity index (χ1v) is 7.63. The third-order valence-electron chi connectivity index (χ3n) is 3.77. The number of para-hydroxylation sites is 1. The van der Waals surface area contributed by atoms with Crippen LogP contribution in [0.4, 0.5) is 0 Å². The number of aryl methyl sites for hydroxylation is 1. The molecule has 3 heteroatoms. The zero-order valence-corrected chi connectivity index (χ0v) is 13.6. The van der Waals surface area contributed by atoms with E-state index in [2.05, 4.69) is 24.4 Å². The van der Waals surface area contributed by atoms with Crippen LogP contribution in [0.3, 0.4) is 0 Å². The van der Waals surface area contributed by atoms with Crippen molar-refractivity contribution in [1.29, 1.82) is 0 Å². The van der Waals surface area contributed by atoms with Gasteiger partial charge in [-0.05, 0) is 38.0 Å². The predicted octanol–water partition coefficient (Wildman–Crippen LogP) is 3.43. The molecule has 0 saturated heterocycles. The van der Waals surface area contributed by atoms with Crippen LogP contribution in [0.5, 0.6) is 5.75 Å². The average Bonchev–Trinajstić information content (AvgIpc) is 2.53. The van der Waals surface area contributed by atoms with Crippen molar-refractivity contribution < 1.29 is 9.84 Å². The summed E-state index contributed by atoms with van der Waals surface area (Å²) in [7, 11) is 0. The molecule has 0 heterocycles. The lowest BCUT2D eigenvalue weighted by Gasteiger charge is -2.24. The van der Waals surface area contributed by atoms with Crippen LogP contribution in [0.25, 0.3) is 0 Å². The molecule has 0 aromatic heterocycles. The molecule has 0 radical (unpaired) electrons. The van der Waals surface area contributed by atoms with Gasteiger partial charge in [-0.3, -0.25) is 0 Å². The van der Waals surface area contributed by atoms with Crippen LogP contribution in [0.2, 0.25) is 0 Å². The Hall–Kier alpha value is -1.84. The van der Waals surface area contributed by atoms with E-state index in [-0.39, 0.29) is 12.1 Å². The van der Waals surface area contributed by atoms with Crippen molar-refractivity contribution in [2.75, 3.05) is 6.61 Å². The summed E-state index contributed by atoms with van der Waals surface area (Å²) in [6, 6.07) is 16.3. The molecule has 0 fully saturated rings. The van der Waals surface area contributed by atoms with Crippen LogP contribution >= 0.6 is 0 Å². The van der Waals surface area contributed by atoms with Crippen molar-refractivity contribution >= 4 is 0 Å². The lowest BCUT2D eigenvalue weighted by Crippen LogP contribution is -2.42. The zero-order chi connectivity index (χ0) is 16.0. The van der Waals surface area contributed by atoms with Gasteiger partial charge in [0.15, 0.2) is 0 Å². The summed E-state index contributed by atoms with van der Waals surface area (Å²) >= 11 is 0. The second-order valence-corrected chi connectivity index (χ2v) is 6.22. The molecule has 2 N–H and O–H groups in total. The van der Waals surface area contributed by atoms with Gasteiger partial charge in [0.2, 0.25) is 0 Å². The summed E-state index contributed by atoms with van der Waals surface area (Å²) < 4.78 is 6.00. The first-order chi connectivity index (χ1) is 10.5. The number of rotatable bonds is 7. The van der Waals surface area contributed by atoms with E-state index < -0.39 is 0 Å². The van der Waals surface area contributed by atoms with Gasteiger partial charge in [0.1, 0.15) is 12.4 Å². The fourth-order valence-corrected chi connectivity index (χ4v) is 2.11. The Bertz CT molecular complexity index is 608. The topological polar surface area (TPSA) is 41.5 Å². The number of ether oxygens (including phenoxy) is 1. The molecule has 0 aliphatic rings. The van der Waals surface area contributed by atoms with Crippen molar-refractivity contribution in [3.63, 3.8) is 0 Å². The van der Waals surface area contributed by atoms with Crippen LogP contribution in [0, 0.1) is 6.92 Å². The van der Waals surface area contributed by atoms with E-state index in [1.165, 1.54) is 11.1 Å². The molecule has 0 saturated carbocycles. The fourth-order valence-electron chi connectivity index (χ4n) is 2.11. The predicted molar refractivity (Wildman–Crippen MR) is 90.0 cm³/mol. The lowest BCUT2D eigenvalue weighted by molar-refractivity contribution is 0.186. The second-order valence-electron chi connectivity index (χ2n) is 6.22. The van der Waals surface area contributed by atoms with E-state index in [4.69, 9.17) is 4.74 Å². The van der Waals surface area contributed by atoms with Gasteiger partial charge < -0.3 is 15.2 Å². The molecule has 2 rings (SSSR count). The first kappa shape index (κ1) is 16.5. The summed E-state index contributed by atoms with van der Waals surface area (Å²) in [4.78, 5) is 0. The summed E-state index contributed by atoms with van der Waals surface area (Å²) in [5.74, 6) is 0.881. The van der Waals surface area contributed by atoms with Crippen molar-refractivity contribution in [3.05, 3.63) is 65.2 Å². The van der Waals surface area contributed by atoms with E-state index in [9.17, 15) is 5.11 Å². The maximum atomic E-state index is 9.33.